The molecule has 2 aromatic heterocycles. The average Bonchev–Trinajstić information content (AvgIpc) is 3.31. The molecule has 0 aliphatic rings. The first-order chi connectivity index (χ1) is 13.2. The summed E-state index contributed by atoms with van der Waals surface area (Å²) in [5.41, 5.74) is 7.21. The van der Waals surface area contributed by atoms with Gasteiger partial charge in [0.2, 0.25) is 0 Å². The Bertz CT molecular complexity index is 1010. The lowest BCUT2D eigenvalue weighted by atomic mass is 9.77. The van der Waals surface area contributed by atoms with Crippen LogP contribution in [0.5, 0.6) is 0 Å². The van der Waals surface area contributed by atoms with Crippen LogP contribution in [-0.2, 0) is 10.8 Å². The number of H-pyrrole nitrogens is 2. The second kappa shape index (κ2) is 6.33. The van der Waals surface area contributed by atoms with Gasteiger partial charge in [-0.2, -0.15) is 0 Å². The lowest BCUT2D eigenvalue weighted by Gasteiger charge is -2.27. The van der Waals surface area contributed by atoms with Gasteiger partial charge in [-0.3, -0.25) is 0 Å². The molecule has 2 heterocycles. The Balaban J connectivity index is 2.16. The molecule has 4 rings (SSSR count). The first-order valence-electron chi connectivity index (χ1n) is 9.76. The first kappa shape index (κ1) is 18.5. The Morgan fingerprint density at radius 1 is 0.607 bits per heavy atom. The van der Waals surface area contributed by atoms with E-state index in [0.717, 1.165) is 11.4 Å². The number of hydrogen-bond donors (Lipinski definition) is 2. The summed E-state index contributed by atoms with van der Waals surface area (Å²) in [7, 11) is 0. The minimum absolute atomic E-state index is 0.0193. The molecule has 0 aliphatic carbocycles. The van der Waals surface area contributed by atoms with Crippen LogP contribution in [0.2, 0.25) is 0 Å². The monoisotopic (exact) mass is 372 g/mol. The fraction of sp³-hybridized carbons (Fsp3) is 0.333. The number of fused-ring (bicyclic) bond motifs is 1. The van der Waals surface area contributed by atoms with Crippen molar-refractivity contribution >= 4 is 10.8 Å². The normalized spacial score (nSPS) is 12.6. The van der Waals surface area contributed by atoms with Crippen LogP contribution in [0.1, 0.15) is 52.7 Å². The predicted molar refractivity (Wildman–Crippen MR) is 117 cm³/mol. The van der Waals surface area contributed by atoms with Crippen LogP contribution in [-0.4, -0.2) is 19.9 Å². The van der Waals surface area contributed by atoms with Gasteiger partial charge in [-0.1, -0.05) is 65.8 Å². The molecule has 0 bridgehead atoms. The molecular weight excluding hydrogens is 344 g/mol. The highest BCUT2D eigenvalue weighted by atomic mass is 14.9. The third-order valence-corrected chi connectivity index (χ3v) is 5.35. The third kappa shape index (κ3) is 3.03. The fourth-order valence-electron chi connectivity index (χ4n) is 4.02. The van der Waals surface area contributed by atoms with Crippen molar-refractivity contribution in [2.24, 2.45) is 0 Å². The highest BCUT2D eigenvalue weighted by molar-refractivity contribution is 6.06. The smallest absolute Gasteiger partial charge is 0.0924 e. The topological polar surface area (TPSA) is 57.4 Å². The first-order valence-corrected chi connectivity index (χ1v) is 9.76. The summed E-state index contributed by atoms with van der Waals surface area (Å²) in [4.78, 5) is 15.2. The van der Waals surface area contributed by atoms with Crippen LogP contribution in [0.3, 0.4) is 0 Å². The summed E-state index contributed by atoms with van der Waals surface area (Å²) in [6.45, 7) is 13.5. The molecule has 2 N–H and O–H groups in total. The quantitative estimate of drug-likeness (QED) is 0.439. The molecule has 0 spiro atoms. The van der Waals surface area contributed by atoms with E-state index < -0.39 is 0 Å². The van der Waals surface area contributed by atoms with Crippen LogP contribution in [0.4, 0.5) is 0 Å². The number of imidazole rings is 2. The SMILES string of the molecule is CC(C)(C)c1ccc2c(-c3cnc[nH]3)c(C(C)(C)C)ccc2c1-c1cnc[nH]1. The van der Waals surface area contributed by atoms with Gasteiger partial charge in [0.15, 0.2) is 0 Å². The Hall–Kier alpha value is -2.88. The molecule has 144 valence electrons. The van der Waals surface area contributed by atoms with Gasteiger partial charge in [-0.25, -0.2) is 9.97 Å². The number of hydrogen-bond acceptors (Lipinski definition) is 2. The number of aromatic nitrogens is 4. The number of nitrogens with zero attached hydrogens (tertiary/aromatic N) is 2. The van der Waals surface area contributed by atoms with Gasteiger partial charge in [-0.15, -0.1) is 0 Å². The lowest BCUT2D eigenvalue weighted by Crippen LogP contribution is -2.15. The van der Waals surface area contributed by atoms with Crippen LogP contribution in [0.25, 0.3) is 33.3 Å². The average molecular weight is 373 g/mol. The largest absolute Gasteiger partial charge is 0.345 e. The zero-order valence-electron chi connectivity index (χ0n) is 17.5. The maximum atomic E-state index is 4.29. The van der Waals surface area contributed by atoms with Crippen molar-refractivity contribution in [3.05, 3.63) is 60.4 Å². The summed E-state index contributed by atoms with van der Waals surface area (Å²) in [5.74, 6) is 0. The predicted octanol–water partition coefficient (Wildman–Crippen LogP) is 6.22. The summed E-state index contributed by atoms with van der Waals surface area (Å²) >= 11 is 0. The zero-order chi connectivity index (χ0) is 20.1. The van der Waals surface area contributed by atoms with Crippen LogP contribution >= 0.6 is 0 Å². The second-order valence-electron chi connectivity index (χ2n) is 9.50. The molecule has 0 aliphatic heterocycles. The van der Waals surface area contributed by atoms with E-state index in [2.05, 4.69) is 85.7 Å². The molecule has 0 radical (unpaired) electrons. The molecule has 4 heteroatoms. The van der Waals surface area contributed by atoms with Gasteiger partial charge < -0.3 is 9.97 Å². The Morgan fingerprint density at radius 2 is 1.00 bits per heavy atom. The number of aromatic amines is 2. The molecule has 0 saturated heterocycles. The van der Waals surface area contributed by atoms with E-state index in [1.807, 2.05) is 12.4 Å². The van der Waals surface area contributed by atoms with Gasteiger partial charge in [0, 0.05) is 11.1 Å². The molecular formula is C24H28N4. The van der Waals surface area contributed by atoms with Crippen molar-refractivity contribution < 1.29 is 0 Å². The summed E-state index contributed by atoms with van der Waals surface area (Å²) in [6, 6.07) is 9.07. The number of nitrogens with one attached hydrogen (secondary N) is 2. The van der Waals surface area contributed by atoms with Crippen molar-refractivity contribution in [1.29, 1.82) is 0 Å². The summed E-state index contributed by atoms with van der Waals surface area (Å²) in [5, 5.41) is 2.46. The molecule has 4 nitrogen and oxygen atoms in total. The minimum atomic E-state index is 0.0193. The zero-order valence-corrected chi connectivity index (χ0v) is 17.5. The molecule has 0 fully saturated rings. The number of benzene rings is 2. The maximum absolute atomic E-state index is 4.29. The van der Waals surface area contributed by atoms with Gasteiger partial charge in [-0.05, 0) is 32.7 Å². The van der Waals surface area contributed by atoms with Crippen molar-refractivity contribution in [3.63, 3.8) is 0 Å². The summed E-state index contributed by atoms with van der Waals surface area (Å²) in [6.07, 6.45) is 7.33. The van der Waals surface area contributed by atoms with Gasteiger partial charge in [0.1, 0.15) is 0 Å². The van der Waals surface area contributed by atoms with E-state index in [0.29, 0.717) is 0 Å². The van der Waals surface area contributed by atoms with Crippen molar-refractivity contribution in [2.75, 3.05) is 0 Å². The highest BCUT2D eigenvalue weighted by Crippen LogP contribution is 2.43. The maximum Gasteiger partial charge on any atom is 0.0924 e. The lowest BCUT2D eigenvalue weighted by molar-refractivity contribution is 0.591. The van der Waals surface area contributed by atoms with Crippen LogP contribution < -0.4 is 0 Å². The van der Waals surface area contributed by atoms with Crippen molar-refractivity contribution in [3.8, 4) is 22.5 Å². The third-order valence-electron chi connectivity index (χ3n) is 5.35. The Morgan fingerprint density at radius 3 is 1.29 bits per heavy atom. The Labute approximate surface area is 166 Å². The molecule has 28 heavy (non-hydrogen) atoms. The van der Waals surface area contributed by atoms with Gasteiger partial charge in [0.05, 0.1) is 36.4 Å². The van der Waals surface area contributed by atoms with E-state index in [1.165, 1.54) is 33.0 Å². The minimum Gasteiger partial charge on any atom is -0.345 e. The molecule has 0 atom stereocenters. The van der Waals surface area contributed by atoms with E-state index in [1.54, 1.807) is 12.7 Å². The summed E-state index contributed by atoms with van der Waals surface area (Å²) < 4.78 is 0. The van der Waals surface area contributed by atoms with E-state index in [-0.39, 0.29) is 10.8 Å². The highest BCUT2D eigenvalue weighted by Gasteiger charge is 2.26. The standard InChI is InChI=1S/C24H28N4/c1-23(2,3)17-9-7-16-15(21(17)19-11-25-13-27-19)8-10-18(24(4,5)6)22(16)20-12-26-14-28-20/h7-14H,1-6H3,(H,25,27)(H,26,28). The van der Waals surface area contributed by atoms with Crippen molar-refractivity contribution in [2.45, 2.75) is 52.4 Å². The number of rotatable bonds is 2. The van der Waals surface area contributed by atoms with E-state index in [9.17, 15) is 0 Å². The van der Waals surface area contributed by atoms with Crippen LogP contribution in [0, 0.1) is 0 Å². The van der Waals surface area contributed by atoms with Crippen molar-refractivity contribution in [1.82, 2.24) is 19.9 Å². The van der Waals surface area contributed by atoms with Crippen LogP contribution in [0.15, 0.2) is 49.3 Å². The second-order valence-corrected chi connectivity index (χ2v) is 9.50. The molecule has 0 amide bonds. The fourth-order valence-corrected chi connectivity index (χ4v) is 4.02. The molecule has 2 aromatic carbocycles. The van der Waals surface area contributed by atoms with Gasteiger partial charge >= 0.3 is 0 Å². The molecule has 4 aromatic rings. The molecule has 0 unspecified atom stereocenters. The molecule has 0 saturated carbocycles. The van der Waals surface area contributed by atoms with Gasteiger partial charge in [0.25, 0.3) is 0 Å². The van der Waals surface area contributed by atoms with E-state index in [4.69, 9.17) is 0 Å². The van der Waals surface area contributed by atoms with E-state index >= 15 is 0 Å². The Kier molecular flexibility index (Phi) is 4.18.